The Hall–Kier alpha value is -2.14. The molecule has 0 aromatic heterocycles. The Kier molecular flexibility index (Phi) is 4.98. The summed E-state index contributed by atoms with van der Waals surface area (Å²) in [4.78, 5) is 13.9. The molecule has 4 nitrogen and oxygen atoms in total. The Morgan fingerprint density at radius 3 is 2.18 bits per heavy atom. The van der Waals surface area contributed by atoms with Gasteiger partial charge < -0.3 is 4.90 Å². The number of aryl methyl sites for hydroxylation is 1. The zero-order valence-corrected chi connectivity index (χ0v) is 13.5. The molecule has 0 saturated carbocycles. The lowest BCUT2D eigenvalue weighted by Gasteiger charge is -2.17. The Morgan fingerprint density at radius 2 is 1.59 bits per heavy atom. The van der Waals surface area contributed by atoms with Gasteiger partial charge in [-0.2, -0.15) is 0 Å². The van der Waals surface area contributed by atoms with Gasteiger partial charge in [0, 0.05) is 19.2 Å². The first-order chi connectivity index (χ1) is 10.4. The topological polar surface area (TPSA) is 54.5 Å². The minimum absolute atomic E-state index is 0.0401. The molecule has 0 bridgehead atoms. The standard InChI is InChI=1S/C17H19NO3S/c1-14-8-10-16(11-9-14)22(20,21)13-12-17(19)18(2)15-6-4-3-5-7-15/h3-11H,12-13H2,1-2H3. The van der Waals surface area contributed by atoms with Crippen LogP contribution in [0.1, 0.15) is 12.0 Å². The number of hydrogen-bond donors (Lipinski definition) is 0. The molecule has 0 heterocycles. The number of nitrogens with zero attached hydrogens (tertiary/aromatic N) is 1. The van der Waals surface area contributed by atoms with Crippen LogP contribution in [-0.2, 0) is 14.6 Å². The molecule has 0 unspecified atom stereocenters. The monoisotopic (exact) mass is 317 g/mol. The molecule has 2 aromatic rings. The van der Waals surface area contributed by atoms with Gasteiger partial charge in [-0.05, 0) is 31.2 Å². The highest BCUT2D eigenvalue weighted by atomic mass is 32.2. The van der Waals surface area contributed by atoms with Crippen LogP contribution >= 0.6 is 0 Å². The van der Waals surface area contributed by atoms with Crippen LogP contribution in [0.2, 0.25) is 0 Å². The number of carbonyl (C=O) groups is 1. The van der Waals surface area contributed by atoms with Crippen LogP contribution in [0.15, 0.2) is 59.5 Å². The number of anilines is 1. The largest absolute Gasteiger partial charge is 0.315 e. The maximum Gasteiger partial charge on any atom is 0.227 e. The lowest BCUT2D eigenvalue weighted by Crippen LogP contribution is -2.28. The second-order valence-electron chi connectivity index (χ2n) is 5.17. The normalized spacial score (nSPS) is 11.2. The molecule has 22 heavy (non-hydrogen) atoms. The van der Waals surface area contributed by atoms with Crippen molar-refractivity contribution in [3.8, 4) is 0 Å². The van der Waals surface area contributed by atoms with E-state index in [1.165, 1.54) is 4.90 Å². The van der Waals surface area contributed by atoms with Gasteiger partial charge in [0.15, 0.2) is 9.84 Å². The number of amides is 1. The van der Waals surface area contributed by atoms with Crippen LogP contribution in [0.25, 0.3) is 0 Å². The zero-order chi connectivity index (χ0) is 16.2. The molecular formula is C17H19NO3S. The average molecular weight is 317 g/mol. The minimum Gasteiger partial charge on any atom is -0.315 e. The van der Waals surface area contributed by atoms with Crippen molar-refractivity contribution in [2.45, 2.75) is 18.2 Å². The summed E-state index contributed by atoms with van der Waals surface area (Å²) in [6, 6.07) is 15.8. The second-order valence-corrected chi connectivity index (χ2v) is 7.28. The third-order valence-electron chi connectivity index (χ3n) is 3.48. The van der Waals surface area contributed by atoms with E-state index in [4.69, 9.17) is 0 Å². The summed E-state index contributed by atoms with van der Waals surface area (Å²) >= 11 is 0. The molecule has 5 heteroatoms. The van der Waals surface area contributed by atoms with E-state index in [1.807, 2.05) is 37.3 Å². The van der Waals surface area contributed by atoms with Gasteiger partial charge in [0.25, 0.3) is 0 Å². The molecule has 1 amide bonds. The maximum atomic E-state index is 12.2. The number of benzene rings is 2. The van der Waals surface area contributed by atoms with Gasteiger partial charge in [-0.3, -0.25) is 4.79 Å². The Labute approximate surface area is 131 Å². The van der Waals surface area contributed by atoms with Crippen LogP contribution < -0.4 is 4.90 Å². The van der Waals surface area contributed by atoms with E-state index in [0.29, 0.717) is 0 Å². The van der Waals surface area contributed by atoms with Gasteiger partial charge in [0.2, 0.25) is 5.91 Å². The molecular weight excluding hydrogens is 298 g/mol. The van der Waals surface area contributed by atoms with E-state index in [-0.39, 0.29) is 23.0 Å². The number of rotatable bonds is 5. The van der Waals surface area contributed by atoms with E-state index in [0.717, 1.165) is 11.3 Å². The van der Waals surface area contributed by atoms with Gasteiger partial charge in [-0.15, -0.1) is 0 Å². The molecule has 0 aliphatic carbocycles. The Bertz CT molecular complexity index is 737. The summed E-state index contributed by atoms with van der Waals surface area (Å²) in [6.07, 6.45) is -0.0401. The predicted molar refractivity (Wildman–Crippen MR) is 87.7 cm³/mol. The lowest BCUT2D eigenvalue weighted by atomic mass is 10.2. The Morgan fingerprint density at radius 1 is 1.00 bits per heavy atom. The van der Waals surface area contributed by atoms with Crippen molar-refractivity contribution in [1.82, 2.24) is 0 Å². The van der Waals surface area contributed by atoms with Crippen molar-refractivity contribution in [2.24, 2.45) is 0 Å². The second kappa shape index (κ2) is 6.75. The van der Waals surface area contributed by atoms with Crippen molar-refractivity contribution in [1.29, 1.82) is 0 Å². The van der Waals surface area contributed by atoms with Crippen LogP contribution in [-0.4, -0.2) is 27.1 Å². The third-order valence-corrected chi connectivity index (χ3v) is 5.21. The van der Waals surface area contributed by atoms with E-state index in [9.17, 15) is 13.2 Å². The summed E-state index contributed by atoms with van der Waals surface area (Å²) < 4.78 is 24.5. The molecule has 0 aliphatic heterocycles. The molecule has 0 aliphatic rings. The fraction of sp³-hybridized carbons (Fsp3) is 0.235. The molecule has 0 saturated heterocycles. The van der Waals surface area contributed by atoms with E-state index in [2.05, 4.69) is 0 Å². The SMILES string of the molecule is Cc1ccc(S(=O)(=O)CCC(=O)N(C)c2ccccc2)cc1. The minimum atomic E-state index is -3.44. The Balaban J connectivity index is 2.02. The molecule has 0 N–H and O–H groups in total. The van der Waals surface area contributed by atoms with Crippen LogP contribution in [0.3, 0.4) is 0 Å². The van der Waals surface area contributed by atoms with Gasteiger partial charge in [0.1, 0.15) is 0 Å². The molecule has 0 fully saturated rings. The van der Waals surface area contributed by atoms with Crippen molar-refractivity contribution in [3.63, 3.8) is 0 Å². The van der Waals surface area contributed by atoms with Crippen molar-refractivity contribution >= 4 is 21.4 Å². The van der Waals surface area contributed by atoms with E-state index >= 15 is 0 Å². The van der Waals surface area contributed by atoms with Gasteiger partial charge >= 0.3 is 0 Å². The van der Waals surface area contributed by atoms with Gasteiger partial charge in [-0.25, -0.2) is 8.42 Å². The highest BCUT2D eigenvalue weighted by Crippen LogP contribution is 2.16. The summed E-state index contributed by atoms with van der Waals surface area (Å²) in [5.74, 6) is -0.409. The smallest absolute Gasteiger partial charge is 0.227 e. The van der Waals surface area contributed by atoms with Gasteiger partial charge in [-0.1, -0.05) is 35.9 Å². The first kappa shape index (κ1) is 16.2. The number of carbonyl (C=O) groups excluding carboxylic acids is 1. The molecule has 2 rings (SSSR count). The summed E-state index contributed by atoms with van der Waals surface area (Å²) in [6.45, 7) is 1.90. The first-order valence-corrected chi connectivity index (χ1v) is 8.66. The zero-order valence-electron chi connectivity index (χ0n) is 12.7. The average Bonchev–Trinajstić information content (AvgIpc) is 2.53. The fourth-order valence-electron chi connectivity index (χ4n) is 2.05. The number of hydrogen-bond acceptors (Lipinski definition) is 3. The van der Waals surface area contributed by atoms with Crippen LogP contribution in [0.4, 0.5) is 5.69 Å². The quantitative estimate of drug-likeness (QED) is 0.852. The third kappa shape index (κ3) is 3.95. The molecule has 0 spiro atoms. The fourth-order valence-corrected chi connectivity index (χ4v) is 3.28. The van der Waals surface area contributed by atoms with E-state index < -0.39 is 9.84 Å². The molecule has 0 radical (unpaired) electrons. The number of sulfone groups is 1. The molecule has 0 atom stereocenters. The van der Waals surface area contributed by atoms with Crippen LogP contribution in [0.5, 0.6) is 0 Å². The summed E-state index contributed by atoms with van der Waals surface area (Å²) in [5, 5.41) is 0. The lowest BCUT2D eigenvalue weighted by molar-refractivity contribution is -0.117. The maximum absolute atomic E-state index is 12.2. The highest BCUT2D eigenvalue weighted by molar-refractivity contribution is 7.91. The first-order valence-electron chi connectivity index (χ1n) is 7.01. The van der Waals surface area contributed by atoms with E-state index in [1.54, 1.807) is 31.3 Å². The molecule has 116 valence electrons. The predicted octanol–water partition coefficient (Wildman–Crippen LogP) is 2.82. The van der Waals surface area contributed by atoms with Crippen molar-refractivity contribution < 1.29 is 13.2 Å². The summed E-state index contributed by atoms with van der Waals surface area (Å²) in [5.41, 5.74) is 1.75. The van der Waals surface area contributed by atoms with Crippen molar-refractivity contribution in [2.75, 3.05) is 17.7 Å². The van der Waals surface area contributed by atoms with Crippen LogP contribution in [0, 0.1) is 6.92 Å². The van der Waals surface area contributed by atoms with Gasteiger partial charge in [0.05, 0.1) is 10.6 Å². The number of para-hydroxylation sites is 1. The summed E-state index contributed by atoms with van der Waals surface area (Å²) in [7, 11) is -1.79. The van der Waals surface area contributed by atoms with Crippen molar-refractivity contribution in [3.05, 3.63) is 60.2 Å². The highest BCUT2D eigenvalue weighted by Gasteiger charge is 2.18. The molecule has 2 aromatic carbocycles.